The number of piperidine rings is 1. The van der Waals surface area contributed by atoms with Crippen LogP contribution in [0.4, 0.5) is 18.9 Å². The zero-order valence-electron chi connectivity index (χ0n) is 20.9. The largest absolute Gasteiger partial charge is 0.491 e. The summed E-state index contributed by atoms with van der Waals surface area (Å²) < 4.78 is 37.5. The molecule has 11 nitrogen and oxygen atoms in total. The van der Waals surface area contributed by atoms with E-state index in [1.807, 2.05) is 12.1 Å². The van der Waals surface area contributed by atoms with Crippen molar-refractivity contribution >= 4 is 29.4 Å². The Hall–Kier alpha value is -4.36. The summed E-state index contributed by atoms with van der Waals surface area (Å²) in [6, 6.07) is 8.99. The fourth-order valence-corrected chi connectivity index (χ4v) is 3.74. The van der Waals surface area contributed by atoms with Crippen LogP contribution < -0.4 is 20.7 Å². The molecule has 0 spiro atoms. The number of rotatable bonds is 10. The number of anilines is 1. The number of amidine groups is 1. The third kappa shape index (κ3) is 10.5. The second kappa shape index (κ2) is 14.5. The zero-order valence-corrected chi connectivity index (χ0v) is 20.9. The number of nitrogens with zero attached hydrogens (tertiary/aromatic N) is 2. The van der Waals surface area contributed by atoms with Gasteiger partial charge in [0.2, 0.25) is 5.91 Å². The van der Waals surface area contributed by atoms with Crippen LogP contribution in [0.2, 0.25) is 0 Å². The molecule has 1 amide bonds. The third-order valence-electron chi connectivity index (χ3n) is 5.78. The lowest BCUT2D eigenvalue weighted by molar-refractivity contribution is -0.192. The molecule has 1 aliphatic rings. The molecule has 0 bridgehead atoms. The SMILES string of the molecule is N=C(N)c1ccc(CCC(=O)O)c(OCCNC(=O)C2CCN(c3ccncc3)CC2)c1.O=C(O)C(F)(F)F. The number of carbonyl (C=O) groups excluding carboxylic acids is 1. The number of hydrogen-bond donors (Lipinski definition) is 5. The minimum atomic E-state index is -5.08. The van der Waals surface area contributed by atoms with Crippen LogP contribution in [-0.2, 0) is 20.8 Å². The van der Waals surface area contributed by atoms with E-state index in [0.29, 0.717) is 24.3 Å². The first-order valence-electron chi connectivity index (χ1n) is 11.9. The van der Waals surface area contributed by atoms with Gasteiger partial charge in [-0.2, -0.15) is 13.2 Å². The van der Waals surface area contributed by atoms with Gasteiger partial charge in [0, 0.05) is 49.1 Å². The number of carbonyl (C=O) groups is 3. The van der Waals surface area contributed by atoms with Crippen molar-refractivity contribution in [3.63, 3.8) is 0 Å². The highest BCUT2D eigenvalue weighted by Gasteiger charge is 2.38. The lowest BCUT2D eigenvalue weighted by atomic mass is 9.95. The fraction of sp³-hybridized carbons (Fsp3) is 0.400. The van der Waals surface area contributed by atoms with Crippen LogP contribution in [0.5, 0.6) is 5.75 Å². The molecule has 3 rings (SSSR count). The molecule has 1 fully saturated rings. The van der Waals surface area contributed by atoms with Gasteiger partial charge < -0.3 is 30.9 Å². The molecular formula is C25H30F3N5O6. The Bertz CT molecular complexity index is 1140. The molecule has 0 saturated carbocycles. The van der Waals surface area contributed by atoms with Crippen LogP contribution in [0.15, 0.2) is 42.7 Å². The van der Waals surface area contributed by atoms with Gasteiger partial charge in [-0.1, -0.05) is 12.1 Å². The van der Waals surface area contributed by atoms with Crippen molar-refractivity contribution in [2.75, 3.05) is 31.1 Å². The number of hydrogen-bond acceptors (Lipinski definition) is 7. The maximum Gasteiger partial charge on any atom is 0.490 e. The summed E-state index contributed by atoms with van der Waals surface area (Å²) in [5, 5.41) is 26.6. The van der Waals surface area contributed by atoms with Crippen LogP contribution in [0.1, 0.15) is 30.4 Å². The van der Waals surface area contributed by atoms with Crippen LogP contribution >= 0.6 is 0 Å². The predicted octanol–water partition coefficient (Wildman–Crippen LogP) is 2.43. The molecule has 2 aromatic rings. The van der Waals surface area contributed by atoms with E-state index in [1.54, 1.807) is 30.6 Å². The number of pyridine rings is 1. The number of aryl methyl sites for hydroxylation is 1. The summed E-state index contributed by atoms with van der Waals surface area (Å²) in [6.07, 6.45) is 0.320. The number of aromatic nitrogens is 1. The molecule has 1 aromatic heterocycles. The molecule has 39 heavy (non-hydrogen) atoms. The molecule has 212 valence electrons. The topological polar surface area (TPSA) is 179 Å². The van der Waals surface area contributed by atoms with Crippen molar-refractivity contribution in [2.45, 2.75) is 31.9 Å². The molecule has 0 aliphatic carbocycles. The Morgan fingerprint density at radius 3 is 2.28 bits per heavy atom. The van der Waals surface area contributed by atoms with Gasteiger partial charge in [0.05, 0.1) is 6.54 Å². The molecule has 0 unspecified atom stereocenters. The number of ether oxygens (including phenoxy) is 1. The quantitative estimate of drug-likeness (QED) is 0.168. The van der Waals surface area contributed by atoms with Gasteiger partial charge in [0.15, 0.2) is 0 Å². The summed E-state index contributed by atoms with van der Waals surface area (Å²) in [4.78, 5) is 38.6. The van der Waals surface area contributed by atoms with Gasteiger partial charge in [-0.15, -0.1) is 0 Å². The van der Waals surface area contributed by atoms with Crippen LogP contribution in [-0.4, -0.2) is 71.3 Å². The summed E-state index contributed by atoms with van der Waals surface area (Å²) in [5.74, 6) is -3.27. The van der Waals surface area contributed by atoms with Crippen molar-refractivity contribution in [3.8, 4) is 5.75 Å². The summed E-state index contributed by atoms with van der Waals surface area (Å²) in [7, 11) is 0. The van der Waals surface area contributed by atoms with E-state index in [-0.39, 0.29) is 30.7 Å². The van der Waals surface area contributed by atoms with Crippen molar-refractivity contribution in [2.24, 2.45) is 11.7 Å². The molecule has 0 atom stereocenters. The molecular weight excluding hydrogens is 523 g/mol. The Morgan fingerprint density at radius 1 is 1.13 bits per heavy atom. The molecule has 1 aromatic carbocycles. The average Bonchev–Trinajstić information content (AvgIpc) is 2.90. The maximum absolute atomic E-state index is 12.5. The number of amides is 1. The van der Waals surface area contributed by atoms with Crippen LogP contribution in [0.3, 0.4) is 0 Å². The smallest absolute Gasteiger partial charge is 0.490 e. The van der Waals surface area contributed by atoms with E-state index < -0.39 is 18.1 Å². The molecule has 1 aliphatic heterocycles. The highest BCUT2D eigenvalue weighted by atomic mass is 19.4. The van der Waals surface area contributed by atoms with Gasteiger partial charge in [0.25, 0.3) is 0 Å². The normalized spacial score (nSPS) is 13.6. The van der Waals surface area contributed by atoms with E-state index in [2.05, 4.69) is 15.2 Å². The van der Waals surface area contributed by atoms with Gasteiger partial charge in [-0.3, -0.25) is 20.0 Å². The average molecular weight is 554 g/mol. The van der Waals surface area contributed by atoms with Gasteiger partial charge >= 0.3 is 18.1 Å². The molecule has 1 saturated heterocycles. The first kappa shape index (κ1) is 30.9. The van der Waals surface area contributed by atoms with E-state index in [0.717, 1.165) is 37.2 Å². The summed E-state index contributed by atoms with van der Waals surface area (Å²) in [5.41, 5.74) is 7.91. The van der Waals surface area contributed by atoms with Gasteiger partial charge in [0.1, 0.15) is 18.2 Å². The first-order valence-corrected chi connectivity index (χ1v) is 11.9. The first-order chi connectivity index (χ1) is 18.4. The Labute approximate surface area is 222 Å². The minimum Gasteiger partial charge on any atom is -0.491 e. The number of alkyl halides is 3. The molecule has 2 heterocycles. The van der Waals surface area contributed by atoms with Crippen LogP contribution in [0, 0.1) is 11.3 Å². The number of nitrogens with one attached hydrogen (secondary N) is 2. The number of aliphatic carboxylic acids is 2. The third-order valence-corrected chi connectivity index (χ3v) is 5.78. The highest BCUT2D eigenvalue weighted by Crippen LogP contribution is 2.24. The number of nitrogen functional groups attached to an aromatic ring is 1. The van der Waals surface area contributed by atoms with E-state index in [1.165, 1.54) is 0 Å². The standard InChI is InChI=1S/C23H29N5O4.C2HF3O2/c24-22(25)18-2-1-16(3-4-21(29)30)20(15-18)32-14-11-27-23(31)17-7-12-28(13-8-17)19-5-9-26-10-6-19;3-2(4,5)1(6)7/h1-2,5-6,9-10,15,17H,3-4,7-8,11-14H2,(H3,24,25)(H,27,31)(H,29,30);(H,6,7). The predicted molar refractivity (Wildman–Crippen MR) is 135 cm³/mol. The van der Waals surface area contributed by atoms with Crippen molar-refractivity contribution in [3.05, 3.63) is 53.9 Å². The summed E-state index contributed by atoms with van der Waals surface area (Å²) in [6.45, 7) is 2.22. The number of carboxylic acids is 2. The van der Waals surface area contributed by atoms with Crippen molar-refractivity contribution < 1.29 is 42.5 Å². The lowest BCUT2D eigenvalue weighted by Crippen LogP contribution is -2.41. The van der Waals surface area contributed by atoms with Crippen LogP contribution in [0.25, 0.3) is 0 Å². The van der Waals surface area contributed by atoms with Crippen molar-refractivity contribution in [1.82, 2.24) is 10.3 Å². The Morgan fingerprint density at radius 2 is 1.74 bits per heavy atom. The number of carboxylic acid groups (broad SMARTS) is 2. The van der Waals surface area contributed by atoms with Gasteiger partial charge in [-0.05, 0) is 43.0 Å². The van der Waals surface area contributed by atoms with Gasteiger partial charge in [-0.25, -0.2) is 4.79 Å². The number of halogens is 3. The second-order valence-corrected chi connectivity index (χ2v) is 8.54. The molecule has 6 N–H and O–H groups in total. The lowest BCUT2D eigenvalue weighted by Gasteiger charge is -2.32. The van der Waals surface area contributed by atoms with E-state index in [9.17, 15) is 22.8 Å². The number of nitrogens with two attached hydrogens (primary N) is 1. The van der Waals surface area contributed by atoms with Crippen molar-refractivity contribution in [1.29, 1.82) is 5.41 Å². The fourth-order valence-electron chi connectivity index (χ4n) is 3.74. The summed E-state index contributed by atoms with van der Waals surface area (Å²) >= 11 is 0. The van der Waals surface area contributed by atoms with E-state index in [4.69, 9.17) is 30.9 Å². The minimum absolute atomic E-state index is 0.0200. The zero-order chi connectivity index (χ0) is 29.0. The van der Waals surface area contributed by atoms with E-state index >= 15 is 0 Å². The Balaban J connectivity index is 0.000000673. The Kier molecular flexibility index (Phi) is 11.5. The highest BCUT2D eigenvalue weighted by molar-refractivity contribution is 5.95. The molecule has 0 radical (unpaired) electrons. The number of benzene rings is 1. The second-order valence-electron chi connectivity index (χ2n) is 8.54. The molecule has 14 heteroatoms. The maximum atomic E-state index is 12.5. The monoisotopic (exact) mass is 553 g/mol.